The quantitative estimate of drug-likeness (QED) is 0.795. The van der Waals surface area contributed by atoms with Gasteiger partial charge in [0.25, 0.3) is 0 Å². The number of benzene rings is 1. The van der Waals surface area contributed by atoms with Crippen LogP contribution >= 0.6 is 0 Å². The van der Waals surface area contributed by atoms with Crippen molar-refractivity contribution >= 4 is 17.7 Å². The van der Waals surface area contributed by atoms with Crippen LogP contribution in [0.25, 0.3) is 0 Å². The van der Waals surface area contributed by atoms with Gasteiger partial charge >= 0.3 is 12.0 Å². The van der Waals surface area contributed by atoms with E-state index in [0.717, 1.165) is 24.8 Å². The molecule has 0 radical (unpaired) electrons. The zero-order chi connectivity index (χ0) is 15.0. The molecule has 2 heterocycles. The Morgan fingerprint density at radius 3 is 2.76 bits per heavy atom. The number of aromatic carboxylic acids is 1. The lowest BCUT2D eigenvalue weighted by Crippen LogP contribution is -2.43. The van der Waals surface area contributed by atoms with Crippen LogP contribution in [0.15, 0.2) is 18.2 Å². The Balaban J connectivity index is 1.64. The number of anilines is 1. The molecule has 1 aromatic carbocycles. The van der Waals surface area contributed by atoms with Crippen LogP contribution in [-0.2, 0) is 4.74 Å². The maximum absolute atomic E-state index is 12.1. The Labute approximate surface area is 122 Å². The Morgan fingerprint density at radius 2 is 2.14 bits per heavy atom. The summed E-state index contributed by atoms with van der Waals surface area (Å²) in [5, 5.41) is 14.6. The number of amides is 2. The lowest BCUT2D eigenvalue weighted by Gasteiger charge is -2.20. The number of rotatable bonds is 3. The number of carbonyl (C=O) groups excluding carboxylic acids is 1. The van der Waals surface area contributed by atoms with Crippen molar-refractivity contribution in [3.63, 3.8) is 0 Å². The summed E-state index contributed by atoms with van der Waals surface area (Å²) in [4.78, 5) is 23.0. The Bertz CT molecular complexity index is 587. The minimum absolute atomic E-state index is 0.0479. The molecule has 0 aromatic heterocycles. The van der Waals surface area contributed by atoms with E-state index in [-0.39, 0.29) is 29.8 Å². The first-order valence-electron chi connectivity index (χ1n) is 7.10. The van der Waals surface area contributed by atoms with Gasteiger partial charge in [-0.2, -0.15) is 0 Å². The first kappa shape index (κ1) is 13.9. The third kappa shape index (κ3) is 2.85. The number of nitrogens with one attached hydrogen (secondary N) is 2. The molecule has 112 valence electrons. The minimum atomic E-state index is -1.01. The molecular formula is C15H18N2O4. The SMILES string of the molecule is Cc1ccc(C(=O)O)cc1NC(=O)NC1CC2CCC1O2. The first-order valence-corrected chi connectivity index (χ1v) is 7.10. The van der Waals surface area contributed by atoms with Crippen molar-refractivity contribution in [2.75, 3.05) is 5.32 Å². The van der Waals surface area contributed by atoms with E-state index in [9.17, 15) is 9.59 Å². The molecule has 2 aliphatic rings. The summed E-state index contributed by atoms with van der Waals surface area (Å²) >= 11 is 0. The highest BCUT2D eigenvalue weighted by molar-refractivity contribution is 5.94. The van der Waals surface area contributed by atoms with Crippen molar-refractivity contribution in [1.29, 1.82) is 0 Å². The summed E-state index contributed by atoms with van der Waals surface area (Å²) in [6.45, 7) is 1.82. The number of carboxylic acid groups (broad SMARTS) is 1. The van der Waals surface area contributed by atoms with Crippen molar-refractivity contribution in [1.82, 2.24) is 5.32 Å². The zero-order valence-electron chi connectivity index (χ0n) is 11.8. The van der Waals surface area contributed by atoms with Gasteiger partial charge in [0.1, 0.15) is 0 Å². The van der Waals surface area contributed by atoms with E-state index in [4.69, 9.17) is 9.84 Å². The van der Waals surface area contributed by atoms with Gasteiger partial charge in [-0.3, -0.25) is 0 Å². The van der Waals surface area contributed by atoms with E-state index in [1.807, 2.05) is 6.92 Å². The normalized spacial score (nSPS) is 26.6. The summed E-state index contributed by atoms with van der Waals surface area (Å²) < 4.78 is 5.69. The molecule has 3 N–H and O–H groups in total. The van der Waals surface area contributed by atoms with Gasteiger partial charge in [-0.1, -0.05) is 6.07 Å². The van der Waals surface area contributed by atoms with Crippen LogP contribution in [0.3, 0.4) is 0 Å². The van der Waals surface area contributed by atoms with Gasteiger partial charge < -0.3 is 20.5 Å². The van der Waals surface area contributed by atoms with E-state index in [2.05, 4.69) is 10.6 Å². The predicted molar refractivity (Wildman–Crippen MR) is 76.6 cm³/mol. The molecule has 2 amide bonds. The molecule has 2 fully saturated rings. The lowest BCUT2D eigenvalue weighted by molar-refractivity contribution is 0.0697. The largest absolute Gasteiger partial charge is 0.478 e. The number of ether oxygens (including phenoxy) is 1. The fourth-order valence-corrected chi connectivity index (χ4v) is 3.01. The van der Waals surface area contributed by atoms with Crippen molar-refractivity contribution in [3.8, 4) is 0 Å². The molecule has 0 aliphatic carbocycles. The second-order valence-corrected chi connectivity index (χ2v) is 5.65. The molecule has 6 nitrogen and oxygen atoms in total. The van der Waals surface area contributed by atoms with Crippen molar-refractivity contribution in [2.45, 2.75) is 44.4 Å². The third-order valence-corrected chi connectivity index (χ3v) is 4.16. The number of hydrogen-bond acceptors (Lipinski definition) is 3. The van der Waals surface area contributed by atoms with Gasteiger partial charge in [-0.05, 0) is 43.9 Å². The molecule has 21 heavy (non-hydrogen) atoms. The molecule has 3 atom stereocenters. The fraction of sp³-hybridized carbons (Fsp3) is 0.467. The number of fused-ring (bicyclic) bond motifs is 2. The molecular weight excluding hydrogens is 272 g/mol. The minimum Gasteiger partial charge on any atom is -0.478 e. The van der Waals surface area contributed by atoms with Gasteiger partial charge in [-0.15, -0.1) is 0 Å². The van der Waals surface area contributed by atoms with E-state index in [1.165, 1.54) is 12.1 Å². The lowest BCUT2D eigenvalue weighted by atomic mass is 9.96. The Kier molecular flexibility index (Phi) is 3.55. The summed E-state index contributed by atoms with van der Waals surface area (Å²) in [7, 11) is 0. The van der Waals surface area contributed by atoms with Crippen LogP contribution in [-0.4, -0.2) is 35.4 Å². The highest BCUT2D eigenvalue weighted by Crippen LogP contribution is 2.34. The maximum Gasteiger partial charge on any atom is 0.335 e. The van der Waals surface area contributed by atoms with Crippen LogP contribution in [0.5, 0.6) is 0 Å². The zero-order valence-corrected chi connectivity index (χ0v) is 11.8. The fourth-order valence-electron chi connectivity index (χ4n) is 3.01. The van der Waals surface area contributed by atoms with Crippen molar-refractivity contribution in [2.24, 2.45) is 0 Å². The molecule has 2 saturated heterocycles. The van der Waals surface area contributed by atoms with E-state index in [0.29, 0.717) is 5.69 Å². The van der Waals surface area contributed by atoms with E-state index >= 15 is 0 Å². The standard InChI is InChI=1S/C15H18N2O4/c1-8-2-3-9(14(18)19)6-11(8)16-15(20)17-12-7-10-4-5-13(12)21-10/h2-3,6,10,12-13H,4-5,7H2,1H3,(H,18,19)(H2,16,17,20). The number of urea groups is 1. The molecule has 0 spiro atoms. The van der Waals surface area contributed by atoms with Crippen LogP contribution in [0.2, 0.25) is 0 Å². The maximum atomic E-state index is 12.1. The third-order valence-electron chi connectivity index (χ3n) is 4.16. The van der Waals surface area contributed by atoms with Crippen LogP contribution in [0.4, 0.5) is 10.5 Å². The van der Waals surface area contributed by atoms with Gasteiger partial charge in [0.05, 0.1) is 23.8 Å². The second-order valence-electron chi connectivity index (χ2n) is 5.65. The summed E-state index contributed by atoms with van der Waals surface area (Å²) in [5.41, 5.74) is 1.48. The number of carboxylic acids is 1. The predicted octanol–water partition coefficient (Wildman–Crippen LogP) is 2.13. The molecule has 2 bridgehead atoms. The summed E-state index contributed by atoms with van der Waals surface area (Å²) in [6, 6.07) is 4.40. The van der Waals surface area contributed by atoms with Crippen molar-refractivity contribution < 1.29 is 19.4 Å². The monoisotopic (exact) mass is 290 g/mol. The smallest absolute Gasteiger partial charge is 0.335 e. The number of aryl methyl sites for hydroxylation is 1. The van der Waals surface area contributed by atoms with Crippen LogP contribution in [0.1, 0.15) is 35.2 Å². The topological polar surface area (TPSA) is 87.7 Å². The summed E-state index contributed by atoms with van der Waals surface area (Å²) in [6.07, 6.45) is 3.31. The van der Waals surface area contributed by atoms with Gasteiger partial charge in [-0.25, -0.2) is 9.59 Å². The van der Waals surface area contributed by atoms with Gasteiger partial charge in [0.15, 0.2) is 0 Å². The molecule has 3 rings (SSSR count). The Hall–Kier alpha value is -2.08. The van der Waals surface area contributed by atoms with Crippen LogP contribution < -0.4 is 10.6 Å². The molecule has 0 saturated carbocycles. The van der Waals surface area contributed by atoms with Crippen molar-refractivity contribution in [3.05, 3.63) is 29.3 Å². The second kappa shape index (κ2) is 5.37. The van der Waals surface area contributed by atoms with Gasteiger partial charge in [0, 0.05) is 5.69 Å². The average molecular weight is 290 g/mol. The molecule has 1 aromatic rings. The highest BCUT2D eigenvalue weighted by Gasteiger charge is 2.41. The highest BCUT2D eigenvalue weighted by atomic mass is 16.5. The summed E-state index contributed by atoms with van der Waals surface area (Å²) in [5.74, 6) is -1.01. The molecule has 2 aliphatic heterocycles. The van der Waals surface area contributed by atoms with Gasteiger partial charge in [0.2, 0.25) is 0 Å². The average Bonchev–Trinajstić information content (AvgIpc) is 3.03. The van der Waals surface area contributed by atoms with E-state index < -0.39 is 5.97 Å². The number of carbonyl (C=O) groups is 2. The van der Waals surface area contributed by atoms with E-state index in [1.54, 1.807) is 6.07 Å². The Morgan fingerprint density at radius 1 is 1.33 bits per heavy atom. The number of hydrogen-bond donors (Lipinski definition) is 3. The first-order chi connectivity index (χ1) is 10.0. The molecule has 3 unspecified atom stereocenters. The molecule has 6 heteroatoms. The van der Waals surface area contributed by atoms with Crippen LogP contribution in [0, 0.1) is 6.92 Å².